The molecule has 132 valence electrons. The number of morpholine rings is 1. The quantitative estimate of drug-likeness (QED) is 0.923. The van der Waals surface area contributed by atoms with Crippen molar-refractivity contribution in [2.24, 2.45) is 0 Å². The molecule has 0 saturated carbocycles. The van der Waals surface area contributed by atoms with Gasteiger partial charge >= 0.3 is 6.03 Å². The third-order valence-electron chi connectivity index (χ3n) is 4.27. The van der Waals surface area contributed by atoms with Crippen LogP contribution in [0, 0.1) is 12.7 Å². The molecule has 1 N–H and O–H groups in total. The number of nitrogens with zero attached hydrogens (tertiary/aromatic N) is 1. The molecule has 6 heteroatoms. The van der Waals surface area contributed by atoms with Crippen LogP contribution in [0.4, 0.5) is 14.9 Å². The van der Waals surface area contributed by atoms with Gasteiger partial charge < -0.3 is 19.7 Å². The Bertz CT molecular complexity index is 746. The van der Waals surface area contributed by atoms with E-state index in [2.05, 4.69) is 5.32 Å². The first-order valence-electron chi connectivity index (χ1n) is 8.15. The highest BCUT2D eigenvalue weighted by Crippen LogP contribution is 2.26. The van der Waals surface area contributed by atoms with Gasteiger partial charge in [-0.25, -0.2) is 9.18 Å². The summed E-state index contributed by atoms with van der Waals surface area (Å²) >= 11 is 0. The Balaban J connectivity index is 1.71. The monoisotopic (exact) mass is 344 g/mol. The van der Waals surface area contributed by atoms with Gasteiger partial charge in [-0.1, -0.05) is 24.3 Å². The number of hydrogen-bond donors (Lipinski definition) is 1. The number of amides is 2. The van der Waals surface area contributed by atoms with E-state index in [1.165, 1.54) is 6.07 Å². The van der Waals surface area contributed by atoms with Gasteiger partial charge in [0.1, 0.15) is 17.7 Å². The first-order chi connectivity index (χ1) is 12.1. The largest absolute Gasteiger partial charge is 0.497 e. The Morgan fingerprint density at radius 3 is 2.88 bits per heavy atom. The highest BCUT2D eigenvalue weighted by atomic mass is 19.1. The molecular formula is C19H21FN2O3. The van der Waals surface area contributed by atoms with Crippen LogP contribution in [-0.4, -0.2) is 37.7 Å². The maximum Gasteiger partial charge on any atom is 0.322 e. The average molecular weight is 344 g/mol. The Morgan fingerprint density at radius 2 is 2.12 bits per heavy atom. The van der Waals surface area contributed by atoms with Crippen molar-refractivity contribution in [2.75, 3.05) is 32.1 Å². The van der Waals surface area contributed by atoms with Gasteiger partial charge in [-0.15, -0.1) is 0 Å². The van der Waals surface area contributed by atoms with Crippen molar-refractivity contribution in [1.82, 2.24) is 4.90 Å². The van der Waals surface area contributed by atoms with Gasteiger partial charge in [-0.05, 0) is 36.2 Å². The van der Waals surface area contributed by atoms with Crippen molar-refractivity contribution >= 4 is 11.7 Å². The van der Waals surface area contributed by atoms with E-state index in [1.807, 2.05) is 24.3 Å². The van der Waals surface area contributed by atoms with Crippen LogP contribution in [0.15, 0.2) is 42.5 Å². The molecular weight excluding hydrogens is 323 g/mol. The summed E-state index contributed by atoms with van der Waals surface area (Å²) in [5.41, 5.74) is 1.85. The molecule has 25 heavy (non-hydrogen) atoms. The molecule has 0 aliphatic carbocycles. The van der Waals surface area contributed by atoms with Crippen LogP contribution in [0.2, 0.25) is 0 Å². The minimum atomic E-state index is -0.439. The lowest BCUT2D eigenvalue weighted by Crippen LogP contribution is -2.44. The van der Waals surface area contributed by atoms with E-state index in [0.29, 0.717) is 25.3 Å². The Kier molecular flexibility index (Phi) is 5.19. The summed E-state index contributed by atoms with van der Waals surface area (Å²) in [6.07, 6.45) is -0.240. The third kappa shape index (κ3) is 3.91. The minimum Gasteiger partial charge on any atom is -0.497 e. The first-order valence-corrected chi connectivity index (χ1v) is 8.15. The zero-order valence-electron chi connectivity index (χ0n) is 14.3. The highest BCUT2D eigenvalue weighted by Gasteiger charge is 2.26. The number of anilines is 1. The van der Waals surface area contributed by atoms with E-state index < -0.39 is 5.82 Å². The molecule has 0 radical (unpaired) electrons. The second-order valence-corrected chi connectivity index (χ2v) is 5.94. The molecule has 1 aliphatic rings. The fraction of sp³-hybridized carbons (Fsp3) is 0.316. The van der Waals surface area contributed by atoms with Crippen LogP contribution in [0.5, 0.6) is 5.75 Å². The molecule has 0 bridgehead atoms. The van der Waals surface area contributed by atoms with Crippen molar-refractivity contribution in [3.8, 4) is 5.75 Å². The van der Waals surface area contributed by atoms with Crippen LogP contribution >= 0.6 is 0 Å². The van der Waals surface area contributed by atoms with Crippen molar-refractivity contribution in [2.45, 2.75) is 13.0 Å². The van der Waals surface area contributed by atoms with Crippen LogP contribution in [0.25, 0.3) is 0 Å². The molecule has 0 spiro atoms. The number of rotatable bonds is 3. The SMILES string of the molecule is COc1cccc([C@H]2CN(C(=O)Nc3c(C)cccc3F)CCO2)c1. The standard InChI is InChI=1S/C19H21FN2O3/c1-13-5-3-8-16(20)18(13)21-19(23)22-9-10-25-17(12-22)14-6-4-7-15(11-14)24-2/h3-8,11,17H,9-10,12H2,1-2H3,(H,21,23)/t17-/m1/s1. The Morgan fingerprint density at radius 1 is 1.32 bits per heavy atom. The Labute approximate surface area is 146 Å². The number of hydrogen-bond acceptors (Lipinski definition) is 3. The number of carbonyl (C=O) groups is 1. The second kappa shape index (κ2) is 7.53. The lowest BCUT2D eigenvalue weighted by atomic mass is 10.1. The molecule has 2 amide bonds. The molecule has 5 nitrogen and oxygen atoms in total. The number of carbonyl (C=O) groups excluding carboxylic acids is 1. The summed E-state index contributed by atoms with van der Waals surface area (Å²) in [5.74, 6) is 0.301. The van der Waals surface area contributed by atoms with Gasteiger partial charge in [0.25, 0.3) is 0 Å². The van der Waals surface area contributed by atoms with Crippen molar-refractivity contribution in [3.05, 3.63) is 59.4 Å². The van der Waals surface area contributed by atoms with E-state index in [1.54, 1.807) is 31.1 Å². The van der Waals surface area contributed by atoms with E-state index in [9.17, 15) is 9.18 Å². The second-order valence-electron chi connectivity index (χ2n) is 5.94. The maximum atomic E-state index is 13.9. The number of ether oxygens (including phenoxy) is 2. The molecule has 2 aromatic carbocycles. The molecule has 1 atom stereocenters. The maximum absolute atomic E-state index is 13.9. The predicted octanol–water partition coefficient (Wildman–Crippen LogP) is 3.75. The van der Waals surface area contributed by atoms with Crippen LogP contribution in [0.1, 0.15) is 17.2 Å². The van der Waals surface area contributed by atoms with Crippen molar-refractivity contribution in [3.63, 3.8) is 0 Å². The lowest BCUT2D eigenvalue weighted by Gasteiger charge is -2.33. The first kappa shape index (κ1) is 17.2. The molecule has 0 aromatic heterocycles. The molecule has 1 saturated heterocycles. The topological polar surface area (TPSA) is 50.8 Å². The zero-order valence-corrected chi connectivity index (χ0v) is 14.3. The number of methoxy groups -OCH3 is 1. The molecule has 3 rings (SSSR count). The van der Waals surface area contributed by atoms with Crippen LogP contribution in [0.3, 0.4) is 0 Å². The fourth-order valence-corrected chi connectivity index (χ4v) is 2.85. The zero-order chi connectivity index (χ0) is 17.8. The number of benzene rings is 2. The molecule has 2 aromatic rings. The average Bonchev–Trinajstić information content (AvgIpc) is 2.65. The number of aryl methyl sites for hydroxylation is 1. The normalized spacial score (nSPS) is 17.2. The van der Waals surface area contributed by atoms with E-state index in [0.717, 1.165) is 11.3 Å². The smallest absolute Gasteiger partial charge is 0.322 e. The van der Waals surface area contributed by atoms with Gasteiger partial charge in [-0.3, -0.25) is 0 Å². The number of para-hydroxylation sites is 1. The van der Waals surface area contributed by atoms with Gasteiger partial charge in [0, 0.05) is 6.54 Å². The van der Waals surface area contributed by atoms with Crippen molar-refractivity contribution in [1.29, 1.82) is 0 Å². The summed E-state index contributed by atoms with van der Waals surface area (Å²) in [7, 11) is 1.61. The summed E-state index contributed by atoms with van der Waals surface area (Å²) in [5, 5.41) is 2.67. The van der Waals surface area contributed by atoms with Gasteiger partial charge in [0.05, 0.1) is 25.9 Å². The summed E-state index contributed by atoms with van der Waals surface area (Å²) in [6.45, 7) is 3.04. The highest BCUT2D eigenvalue weighted by molar-refractivity contribution is 5.90. The van der Waals surface area contributed by atoms with E-state index >= 15 is 0 Å². The number of nitrogens with one attached hydrogen (secondary N) is 1. The lowest BCUT2D eigenvalue weighted by molar-refractivity contribution is -0.0135. The van der Waals surface area contributed by atoms with Crippen LogP contribution in [-0.2, 0) is 4.74 Å². The van der Waals surface area contributed by atoms with Crippen LogP contribution < -0.4 is 10.1 Å². The fourth-order valence-electron chi connectivity index (χ4n) is 2.85. The minimum absolute atomic E-state index is 0.219. The number of urea groups is 1. The van der Waals surface area contributed by atoms with Gasteiger partial charge in [-0.2, -0.15) is 0 Å². The van der Waals surface area contributed by atoms with E-state index in [-0.39, 0.29) is 17.8 Å². The summed E-state index contributed by atoms with van der Waals surface area (Å²) < 4.78 is 25.0. The molecule has 1 heterocycles. The Hall–Kier alpha value is -2.60. The van der Waals surface area contributed by atoms with E-state index in [4.69, 9.17) is 9.47 Å². The molecule has 1 aliphatic heterocycles. The molecule has 1 fully saturated rings. The number of halogens is 1. The summed E-state index contributed by atoms with van der Waals surface area (Å²) in [4.78, 5) is 14.2. The summed E-state index contributed by atoms with van der Waals surface area (Å²) in [6, 6.07) is 12.0. The molecule has 0 unspecified atom stereocenters. The predicted molar refractivity (Wildman–Crippen MR) is 93.4 cm³/mol. The van der Waals surface area contributed by atoms with Gasteiger partial charge in [0.15, 0.2) is 0 Å². The van der Waals surface area contributed by atoms with Gasteiger partial charge in [0.2, 0.25) is 0 Å². The van der Waals surface area contributed by atoms with Crippen molar-refractivity contribution < 1.29 is 18.7 Å². The third-order valence-corrected chi connectivity index (χ3v) is 4.27.